The summed E-state index contributed by atoms with van der Waals surface area (Å²) >= 11 is 4.98. The summed E-state index contributed by atoms with van der Waals surface area (Å²) in [5, 5.41) is 2.72. The minimum Gasteiger partial charge on any atom is -0.497 e. The number of rotatable bonds is 6. The number of benzene rings is 2. The predicted octanol–water partition coefficient (Wildman–Crippen LogP) is 4.95. The van der Waals surface area contributed by atoms with Gasteiger partial charge in [-0.05, 0) is 54.8 Å². The molecule has 4 rings (SSSR count). The monoisotopic (exact) mass is 506 g/mol. The van der Waals surface area contributed by atoms with Gasteiger partial charge in [-0.3, -0.25) is 0 Å². The Bertz CT molecular complexity index is 1090. The quantitative estimate of drug-likeness (QED) is 0.473. The molecule has 8 heteroatoms. The third-order valence-electron chi connectivity index (χ3n) is 5.38. The van der Waals surface area contributed by atoms with E-state index in [0.717, 1.165) is 27.5 Å². The Balaban J connectivity index is 1.38. The number of anilines is 1. The SMILES string of the molecule is COc1ccc(Cc2csc(N3CCC(S(=O)(=O)c4ccc(Br)cc4)CC3)n2)cc1. The van der Waals surface area contributed by atoms with Crippen molar-refractivity contribution in [1.82, 2.24) is 4.98 Å². The zero-order valence-corrected chi connectivity index (χ0v) is 19.8. The summed E-state index contributed by atoms with van der Waals surface area (Å²) in [6, 6.07) is 14.9. The molecule has 0 saturated carbocycles. The molecule has 0 unspecified atom stereocenters. The molecule has 3 aromatic rings. The van der Waals surface area contributed by atoms with E-state index in [4.69, 9.17) is 9.72 Å². The van der Waals surface area contributed by atoms with Crippen LogP contribution in [0, 0.1) is 0 Å². The second-order valence-corrected chi connectivity index (χ2v) is 11.3. The number of ether oxygens (including phenoxy) is 1. The molecule has 2 aromatic carbocycles. The fraction of sp³-hybridized carbons (Fsp3) is 0.318. The molecule has 0 aliphatic carbocycles. The van der Waals surface area contributed by atoms with E-state index in [1.807, 2.05) is 12.1 Å². The lowest BCUT2D eigenvalue weighted by atomic mass is 10.1. The lowest BCUT2D eigenvalue weighted by Crippen LogP contribution is -2.39. The second-order valence-electron chi connectivity index (χ2n) is 7.33. The van der Waals surface area contributed by atoms with E-state index in [1.54, 1.807) is 42.7 Å². The van der Waals surface area contributed by atoms with E-state index >= 15 is 0 Å². The highest BCUT2D eigenvalue weighted by molar-refractivity contribution is 9.10. The minimum absolute atomic E-state index is 0.339. The molecule has 5 nitrogen and oxygen atoms in total. The average molecular weight is 507 g/mol. The van der Waals surface area contributed by atoms with Crippen LogP contribution < -0.4 is 9.64 Å². The van der Waals surface area contributed by atoms with Crippen molar-refractivity contribution in [2.75, 3.05) is 25.1 Å². The third-order valence-corrected chi connectivity index (χ3v) is 9.13. The molecule has 1 aromatic heterocycles. The first-order chi connectivity index (χ1) is 14.5. The molecule has 1 fully saturated rings. The van der Waals surface area contributed by atoms with Crippen molar-refractivity contribution in [2.24, 2.45) is 0 Å². The molecule has 0 amide bonds. The highest BCUT2D eigenvalue weighted by Crippen LogP contribution is 2.30. The maximum Gasteiger partial charge on any atom is 0.185 e. The van der Waals surface area contributed by atoms with Crippen molar-refractivity contribution in [3.8, 4) is 5.75 Å². The van der Waals surface area contributed by atoms with E-state index < -0.39 is 9.84 Å². The number of halogens is 1. The number of sulfone groups is 1. The van der Waals surface area contributed by atoms with Crippen LogP contribution in [0.3, 0.4) is 0 Å². The number of nitrogens with zero attached hydrogens (tertiary/aromatic N) is 2. The van der Waals surface area contributed by atoms with Crippen molar-refractivity contribution in [3.05, 3.63) is 69.6 Å². The van der Waals surface area contributed by atoms with Gasteiger partial charge in [0.15, 0.2) is 15.0 Å². The first-order valence-corrected chi connectivity index (χ1v) is 13.0. The fourth-order valence-corrected chi connectivity index (χ4v) is 6.52. The van der Waals surface area contributed by atoms with Crippen LogP contribution in [0.2, 0.25) is 0 Å². The summed E-state index contributed by atoms with van der Waals surface area (Å²) in [5.41, 5.74) is 2.22. The lowest BCUT2D eigenvalue weighted by molar-refractivity contribution is 0.414. The molecule has 0 spiro atoms. The summed E-state index contributed by atoms with van der Waals surface area (Å²) < 4.78 is 32.0. The van der Waals surface area contributed by atoms with Gasteiger partial charge in [0.2, 0.25) is 0 Å². The summed E-state index contributed by atoms with van der Waals surface area (Å²) in [7, 11) is -1.64. The normalized spacial score (nSPS) is 15.3. The molecule has 0 bridgehead atoms. The summed E-state index contributed by atoms with van der Waals surface area (Å²) in [5.74, 6) is 0.846. The summed E-state index contributed by atoms with van der Waals surface area (Å²) in [6.07, 6.45) is 2.01. The highest BCUT2D eigenvalue weighted by Gasteiger charge is 2.32. The Labute approximate surface area is 189 Å². The van der Waals surface area contributed by atoms with Gasteiger partial charge in [0, 0.05) is 29.4 Å². The Hall–Kier alpha value is -1.90. The molecule has 0 N–H and O–H groups in total. The largest absolute Gasteiger partial charge is 0.497 e. The topological polar surface area (TPSA) is 59.5 Å². The van der Waals surface area contributed by atoms with Gasteiger partial charge in [0.1, 0.15) is 5.75 Å². The number of hydrogen-bond donors (Lipinski definition) is 0. The smallest absolute Gasteiger partial charge is 0.185 e. The zero-order valence-electron chi connectivity index (χ0n) is 16.6. The minimum atomic E-state index is -3.30. The Morgan fingerprint density at radius 2 is 1.77 bits per heavy atom. The third kappa shape index (κ3) is 4.71. The number of piperidine rings is 1. The van der Waals surface area contributed by atoms with Crippen LogP contribution in [0.4, 0.5) is 5.13 Å². The molecule has 2 heterocycles. The molecule has 1 aliphatic rings. The standard InChI is InChI=1S/C22H23BrN2O3S2/c1-28-19-6-2-16(3-7-19)14-18-15-29-22(24-18)25-12-10-21(11-13-25)30(26,27)20-8-4-17(23)5-9-20/h2-9,15,21H,10-14H2,1H3. The molecular formula is C22H23BrN2O3S2. The van der Waals surface area contributed by atoms with Crippen LogP contribution in [-0.4, -0.2) is 38.9 Å². The molecule has 1 aliphatic heterocycles. The summed E-state index contributed by atoms with van der Waals surface area (Å²) in [6.45, 7) is 1.41. The van der Waals surface area contributed by atoms with Crippen LogP contribution in [0.1, 0.15) is 24.1 Å². The molecular weight excluding hydrogens is 484 g/mol. The fourth-order valence-electron chi connectivity index (χ4n) is 3.65. The number of methoxy groups -OCH3 is 1. The van der Waals surface area contributed by atoms with Crippen LogP contribution in [0.5, 0.6) is 5.75 Å². The molecule has 1 saturated heterocycles. The van der Waals surface area contributed by atoms with Crippen LogP contribution in [0.25, 0.3) is 0 Å². The van der Waals surface area contributed by atoms with Crippen LogP contribution in [0.15, 0.2) is 63.3 Å². The zero-order chi connectivity index (χ0) is 21.1. The molecule has 30 heavy (non-hydrogen) atoms. The van der Waals surface area contributed by atoms with Crippen molar-refractivity contribution in [2.45, 2.75) is 29.4 Å². The maximum atomic E-state index is 12.9. The molecule has 158 valence electrons. The van der Waals surface area contributed by atoms with Crippen molar-refractivity contribution in [3.63, 3.8) is 0 Å². The number of aromatic nitrogens is 1. The lowest BCUT2D eigenvalue weighted by Gasteiger charge is -2.31. The maximum absolute atomic E-state index is 12.9. The first-order valence-electron chi connectivity index (χ1n) is 9.77. The van der Waals surface area contributed by atoms with E-state index in [-0.39, 0.29) is 5.25 Å². The van der Waals surface area contributed by atoms with Gasteiger partial charge in [-0.1, -0.05) is 28.1 Å². The van der Waals surface area contributed by atoms with Crippen molar-refractivity contribution < 1.29 is 13.2 Å². The van der Waals surface area contributed by atoms with Gasteiger partial charge in [0.25, 0.3) is 0 Å². The Morgan fingerprint density at radius 3 is 2.40 bits per heavy atom. The average Bonchev–Trinajstić information content (AvgIpc) is 3.23. The van der Waals surface area contributed by atoms with E-state index in [0.29, 0.717) is 30.8 Å². The van der Waals surface area contributed by atoms with Gasteiger partial charge in [-0.15, -0.1) is 11.3 Å². The molecule has 0 radical (unpaired) electrons. The van der Waals surface area contributed by atoms with E-state index in [1.165, 1.54) is 5.56 Å². The van der Waals surface area contributed by atoms with E-state index in [9.17, 15) is 8.42 Å². The Kier molecular flexibility index (Phi) is 6.46. The number of thiazole rings is 1. The highest BCUT2D eigenvalue weighted by atomic mass is 79.9. The van der Waals surface area contributed by atoms with Gasteiger partial charge in [-0.2, -0.15) is 0 Å². The first kappa shape index (κ1) is 21.3. The van der Waals surface area contributed by atoms with Crippen molar-refractivity contribution in [1.29, 1.82) is 0 Å². The van der Waals surface area contributed by atoms with Gasteiger partial charge >= 0.3 is 0 Å². The van der Waals surface area contributed by atoms with Gasteiger partial charge in [0.05, 0.1) is 22.9 Å². The second kappa shape index (κ2) is 9.08. The van der Waals surface area contributed by atoms with Crippen LogP contribution >= 0.6 is 27.3 Å². The summed E-state index contributed by atoms with van der Waals surface area (Å²) in [4.78, 5) is 7.39. The van der Waals surface area contributed by atoms with Gasteiger partial charge in [-0.25, -0.2) is 13.4 Å². The predicted molar refractivity (Wildman–Crippen MR) is 124 cm³/mol. The molecule has 0 atom stereocenters. The number of hydrogen-bond acceptors (Lipinski definition) is 6. The van der Waals surface area contributed by atoms with E-state index in [2.05, 4.69) is 38.3 Å². The van der Waals surface area contributed by atoms with Crippen LogP contribution in [-0.2, 0) is 16.3 Å². The van der Waals surface area contributed by atoms with Crippen molar-refractivity contribution >= 4 is 42.2 Å². The van der Waals surface area contributed by atoms with Gasteiger partial charge < -0.3 is 9.64 Å². The Morgan fingerprint density at radius 1 is 1.10 bits per heavy atom.